The third kappa shape index (κ3) is 4.35. The first-order valence-corrected chi connectivity index (χ1v) is 7.64. The normalized spacial score (nSPS) is 11.5. The number of aryl methyl sites for hydroxylation is 2. The molecule has 5 heteroatoms. The first-order chi connectivity index (χ1) is 11.4. The van der Waals surface area contributed by atoms with Crippen LogP contribution >= 0.6 is 0 Å². The summed E-state index contributed by atoms with van der Waals surface area (Å²) < 4.78 is 10.4. The maximum absolute atomic E-state index is 12.3. The summed E-state index contributed by atoms with van der Waals surface area (Å²) >= 11 is 0. The Morgan fingerprint density at radius 2 is 1.83 bits per heavy atom. The molecule has 0 saturated heterocycles. The second kappa shape index (κ2) is 7.64. The van der Waals surface area contributed by atoms with Crippen molar-refractivity contribution in [3.63, 3.8) is 0 Å². The van der Waals surface area contributed by atoms with Crippen LogP contribution in [0.2, 0.25) is 0 Å². The fraction of sp³-hybridized carbons (Fsp3) is 0.263. The monoisotopic (exact) mass is 327 g/mol. The molecule has 0 unspecified atom stereocenters. The van der Waals surface area contributed by atoms with Crippen LogP contribution in [0.1, 0.15) is 28.4 Å². The van der Waals surface area contributed by atoms with Crippen molar-refractivity contribution in [2.45, 2.75) is 26.9 Å². The molecule has 0 saturated carbocycles. The lowest BCUT2D eigenvalue weighted by Gasteiger charge is -2.15. The third-order valence-corrected chi connectivity index (χ3v) is 3.60. The van der Waals surface area contributed by atoms with E-state index in [2.05, 4.69) is 5.32 Å². The molecular weight excluding hydrogens is 306 g/mol. The molecular formula is C19H21NO4. The van der Waals surface area contributed by atoms with E-state index in [4.69, 9.17) is 9.47 Å². The van der Waals surface area contributed by atoms with Crippen LogP contribution in [0.15, 0.2) is 42.5 Å². The van der Waals surface area contributed by atoms with Gasteiger partial charge in [-0.1, -0.05) is 23.8 Å². The van der Waals surface area contributed by atoms with Crippen molar-refractivity contribution in [2.75, 3.05) is 12.4 Å². The van der Waals surface area contributed by atoms with Crippen LogP contribution in [0.25, 0.3) is 0 Å². The third-order valence-electron chi connectivity index (χ3n) is 3.60. The number of nitrogens with one attached hydrogen (secondary N) is 1. The van der Waals surface area contributed by atoms with Crippen molar-refractivity contribution < 1.29 is 19.1 Å². The second-order valence-corrected chi connectivity index (χ2v) is 5.59. The average Bonchev–Trinajstić information content (AvgIpc) is 2.57. The summed E-state index contributed by atoms with van der Waals surface area (Å²) in [6.07, 6.45) is -0.913. The van der Waals surface area contributed by atoms with Gasteiger partial charge in [-0.2, -0.15) is 0 Å². The lowest BCUT2D eigenvalue weighted by Crippen LogP contribution is -2.30. The quantitative estimate of drug-likeness (QED) is 0.854. The predicted octanol–water partition coefficient (Wildman–Crippen LogP) is 3.50. The molecule has 0 radical (unpaired) electrons. The number of benzene rings is 2. The number of carbonyl (C=O) groups is 2. The summed E-state index contributed by atoms with van der Waals surface area (Å²) in [6.45, 7) is 5.27. The number of amides is 1. The van der Waals surface area contributed by atoms with Crippen molar-refractivity contribution in [2.24, 2.45) is 0 Å². The smallest absolute Gasteiger partial charge is 0.339 e. The number of ether oxygens (including phenoxy) is 2. The SMILES string of the molecule is COc1cccc(NC(=O)[C@@H](C)OC(=O)c2cc(C)ccc2C)c1. The highest BCUT2D eigenvalue weighted by Gasteiger charge is 2.20. The minimum Gasteiger partial charge on any atom is -0.497 e. The van der Waals surface area contributed by atoms with Crippen LogP contribution in [-0.2, 0) is 9.53 Å². The van der Waals surface area contributed by atoms with Gasteiger partial charge in [0.25, 0.3) is 5.91 Å². The van der Waals surface area contributed by atoms with Gasteiger partial charge in [-0.25, -0.2) is 4.79 Å². The molecule has 0 bridgehead atoms. The van der Waals surface area contributed by atoms with E-state index in [1.807, 2.05) is 26.0 Å². The summed E-state index contributed by atoms with van der Waals surface area (Å²) in [4.78, 5) is 24.5. The average molecular weight is 327 g/mol. The summed E-state index contributed by atoms with van der Waals surface area (Å²) in [5.41, 5.74) is 2.82. The molecule has 0 aliphatic rings. The molecule has 2 rings (SSSR count). The molecule has 24 heavy (non-hydrogen) atoms. The van der Waals surface area contributed by atoms with Gasteiger partial charge >= 0.3 is 5.97 Å². The molecule has 2 aromatic carbocycles. The largest absolute Gasteiger partial charge is 0.497 e. The number of hydrogen-bond acceptors (Lipinski definition) is 4. The van der Waals surface area contributed by atoms with Crippen LogP contribution in [0.3, 0.4) is 0 Å². The van der Waals surface area contributed by atoms with E-state index in [-0.39, 0.29) is 0 Å². The Balaban J connectivity index is 2.02. The molecule has 126 valence electrons. The highest BCUT2D eigenvalue weighted by Crippen LogP contribution is 2.18. The highest BCUT2D eigenvalue weighted by molar-refractivity contribution is 5.98. The molecule has 1 amide bonds. The molecule has 0 spiro atoms. The maximum atomic E-state index is 12.3. The van der Waals surface area contributed by atoms with Gasteiger partial charge < -0.3 is 14.8 Å². The van der Waals surface area contributed by atoms with E-state index in [9.17, 15) is 9.59 Å². The molecule has 0 fully saturated rings. The first-order valence-electron chi connectivity index (χ1n) is 7.64. The number of methoxy groups -OCH3 is 1. The van der Waals surface area contributed by atoms with E-state index in [0.29, 0.717) is 17.0 Å². The van der Waals surface area contributed by atoms with Crippen molar-refractivity contribution in [3.8, 4) is 5.75 Å². The Morgan fingerprint density at radius 1 is 1.08 bits per heavy atom. The first kappa shape index (κ1) is 17.5. The van der Waals surface area contributed by atoms with Gasteiger partial charge in [-0.15, -0.1) is 0 Å². The van der Waals surface area contributed by atoms with Crippen molar-refractivity contribution in [1.29, 1.82) is 0 Å². The standard InChI is InChI=1S/C19H21NO4/c1-12-8-9-13(2)17(10-12)19(22)24-14(3)18(21)20-15-6-5-7-16(11-15)23-4/h5-11,14H,1-4H3,(H,20,21)/t14-/m1/s1. The Labute approximate surface area is 141 Å². The molecule has 1 atom stereocenters. The molecule has 5 nitrogen and oxygen atoms in total. The molecule has 0 heterocycles. The van der Waals surface area contributed by atoms with Gasteiger partial charge in [-0.3, -0.25) is 4.79 Å². The molecule has 0 aliphatic carbocycles. The number of anilines is 1. The van der Waals surface area contributed by atoms with Crippen LogP contribution in [0, 0.1) is 13.8 Å². The Hall–Kier alpha value is -2.82. The van der Waals surface area contributed by atoms with Gasteiger partial charge in [0, 0.05) is 11.8 Å². The van der Waals surface area contributed by atoms with Gasteiger partial charge in [0.15, 0.2) is 6.10 Å². The van der Waals surface area contributed by atoms with Crippen LogP contribution in [0.4, 0.5) is 5.69 Å². The number of carbonyl (C=O) groups excluding carboxylic acids is 2. The van der Waals surface area contributed by atoms with Crippen LogP contribution in [-0.4, -0.2) is 25.1 Å². The lowest BCUT2D eigenvalue weighted by atomic mass is 10.1. The zero-order chi connectivity index (χ0) is 17.7. The summed E-state index contributed by atoms with van der Waals surface area (Å²) in [5.74, 6) is -0.278. The minimum atomic E-state index is -0.913. The Morgan fingerprint density at radius 3 is 2.54 bits per heavy atom. The lowest BCUT2D eigenvalue weighted by molar-refractivity contribution is -0.123. The zero-order valence-corrected chi connectivity index (χ0v) is 14.3. The Bertz CT molecular complexity index is 755. The van der Waals surface area contributed by atoms with Gasteiger partial charge in [-0.05, 0) is 44.5 Å². The van der Waals surface area contributed by atoms with Crippen molar-refractivity contribution in [3.05, 3.63) is 59.2 Å². The predicted molar refractivity (Wildman–Crippen MR) is 92.4 cm³/mol. The topological polar surface area (TPSA) is 64.6 Å². The van der Waals surface area contributed by atoms with Gasteiger partial charge in [0.05, 0.1) is 12.7 Å². The molecule has 2 aromatic rings. The number of rotatable bonds is 5. The summed E-state index contributed by atoms with van der Waals surface area (Å²) in [6, 6.07) is 12.5. The molecule has 0 aromatic heterocycles. The van der Waals surface area contributed by atoms with E-state index < -0.39 is 18.0 Å². The fourth-order valence-corrected chi connectivity index (χ4v) is 2.18. The van der Waals surface area contributed by atoms with Crippen molar-refractivity contribution in [1.82, 2.24) is 0 Å². The van der Waals surface area contributed by atoms with E-state index in [0.717, 1.165) is 11.1 Å². The minimum absolute atomic E-state index is 0.401. The van der Waals surface area contributed by atoms with Crippen LogP contribution in [0.5, 0.6) is 5.75 Å². The van der Waals surface area contributed by atoms with Crippen LogP contribution < -0.4 is 10.1 Å². The van der Waals surface area contributed by atoms with Gasteiger partial charge in [0.2, 0.25) is 0 Å². The van der Waals surface area contributed by atoms with E-state index in [1.54, 1.807) is 44.4 Å². The zero-order valence-electron chi connectivity index (χ0n) is 14.3. The van der Waals surface area contributed by atoms with E-state index in [1.165, 1.54) is 0 Å². The number of hydrogen-bond donors (Lipinski definition) is 1. The van der Waals surface area contributed by atoms with Crippen molar-refractivity contribution >= 4 is 17.6 Å². The van der Waals surface area contributed by atoms with E-state index >= 15 is 0 Å². The Kier molecular flexibility index (Phi) is 5.58. The number of esters is 1. The van der Waals surface area contributed by atoms with Gasteiger partial charge in [0.1, 0.15) is 5.75 Å². The molecule has 0 aliphatic heterocycles. The fourth-order valence-electron chi connectivity index (χ4n) is 2.18. The highest BCUT2D eigenvalue weighted by atomic mass is 16.5. The maximum Gasteiger partial charge on any atom is 0.339 e. The second-order valence-electron chi connectivity index (χ2n) is 5.59. The summed E-state index contributed by atoms with van der Waals surface area (Å²) in [5, 5.41) is 2.70. The molecule has 1 N–H and O–H groups in total. The summed E-state index contributed by atoms with van der Waals surface area (Å²) in [7, 11) is 1.55.